The fourth-order valence-corrected chi connectivity index (χ4v) is 2.27. The van der Waals surface area contributed by atoms with E-state index in [1.807, 2.05) is 0 Å². The van der Waals surface area contributed by atoms with Crippen molar-refractivity contribution in [3.8, 4) is 0 Å². The first-order valence-corrected chi connectivity index (χ1v) is 7.24. The Hall–Kier alpha value is -2.16. The second-order valence-corrected chi connectivity index (χ2v) is 5.29. The lowest BCUT2D eigenvalue weighted by Gasteiger charge is -2.03. The van der Waals surface area contributed by atoms with E-state index in [-0.39, 0.29) is 11.1 Å². The minimum absolute atomic E-state index is 0.239. The summed E-state index contributed by atoms with van der Waals surface area (Å²) in [5.41, 5.74) is 1.81. The highest BCUT2D eigenvalue weighted by Gasteiger charge is 2.07. The molecule has 2 nitrogen and oxygen atoms in total. The lowest BCUT2D eigenvalue weighted by Crippen LogP contribution is -1.94. The quantitative estimate of drug-likeness (QED) is 0.445. The summed E-state index contributed by atoms with van der Waals surface area (Å²) in [6, 6.07) is 14.2. The van der Waals surface area contributed by atoms with Gasteiger partial charge < -0.3 is 0 Å². The minimum atomic E-state index is 0.239. The average molecular weight is 331 g/mol. The molecule has 0 aliphatic carbocycles. The van der Waals surface area contributed by atoms with Gasteiger partial charge in [0.1, 0.15) is 0 Å². The molecule has 2 aromatic carbocycles. The monoisotopic (exact) mass is 330 g/mol. The van der Waals surface area contributed by atoms with Crippen LogP contribution < -0.4 is 0 Å². The predicted octanol–water partition coefficient (Wildman–Crippen LogP) is 4.86. The van der Waals surface area contributed by atoms with Gasteiger partial charge in [-0.25, -0.2) is 0 Å². The van der Waals surface area contributed by atoms with Crippen LogP contribution in [0.3, 0.4) is 0 Å². The number of allylic oxidation sites excluding steroid dienone is 2. The molecule has 0 bridgehead atoms. The Bertz CT molecular complexity index is 696. The van der Waals surface area contributed by atoms with E-state index < -0.39 is 0 Å². The van der Waals surface area contributed by atoms with Crippen LogP contribution in [0.1, 0.15) is 11.1 Å². The molecule has 4 heteroatoms. The van der Waals surface area contributed by atoms with E-state index in [0.29, 0.717) is 33.7 Å². The lowest BCUT2D eigenvalue weighted by atomic mass is 10.0. The summed E-state index contributed by atoms with van der Waals surface area (Å²) in [6.45, 7) is 0. The third-order valence-electron chi connectivity index (χ3n) is 3.02. The van der Waals surface area contributed by atoms with E-state index >= 15 is 0 Å². The number of hydrogen-bond acceptors (Lipinski definition) is 2. The van der Waals surface area contributed by atoms with Crippen LogP contribution in [-0.4, -0.2) is 12.6 Å². The van der Waals surface area contributed by atoms with E-state index in [0.717, 1.165) is 0 Å². The van der Waals surface area contributed by atoms with Crippen molar-refractivity contribution < 1.29 is 9.59 Å². The summed E-state index contributed by atoms with van der Waals surface area (Å²) >= 11 is 12.1. The molecule has 0 spiro atoms. The van der Waals surface area contributed by atoms with Crippen molar-refractivity contribution in [3.63, 3.8) is 0 Å². The number of carbonyl (C=O) groups excluding carboxylic acids is 2. The zero-order valence-electron chi connectivity index (χ0n) is 11.5. The number of benzene rings is 2. The summed E-state index contributed by atoms with van der Waals surface area (Å²) < 4.78 is 0. The molecule has 22 heavy (non-hydrogen) atoms. The van der Waals surface area contributed by atoms with E-state index in [9.17, 15) is 9.59 Å². The topological polar surface area (TPSA) is 34.1 Å². The molecule has 0 atom stereocenters. The highest BCUT2D eigenvalue weighted by molar-refractivity contribution is 6.32. The molecule has 0 saturated carbocycles. The molecule has 0 unspecified atom stereocenters. The van der Waals surface area contributed by atoms with Crippen molar-refractivity contribution >= 4 is 47.9 Å². The summed E-state index contributed by atoms with van der Waals surface area (Å²) in [5, 5.41) is 1.01. The zero-order valence-corrected chi connectivity index (χ0v) is 13.0. The Labute approximate surface area is 138 Å². The van der Waals surface area contributed by atoms with Crippen LogP contribution in [-0.2, 0) is 9.59 Å². The van der Waals surface area contributed by atoms with Gasteiger partial charge in [0.2, 0.25) is 0 Å². The van der Waals surface area contributed by atoms with Crippen molar-refractivity contribution in [3.05, 3.63) is 80.8 Å². The molecular weight excluding hydrogens is 319 g/mol. The fraction of sp³-hybridized carbons (Fsp3) is 0. The highest BCUT2D eigenvalue weighted by atomic mass is 35.5. The van der Waals surface area contributed by atoms with Crippen LogP contribution in [0.5, 0.6) is 0 Å². The van der Waals surface area contributed by atoms with Gasteiger partial charge in [0.05, 0.1) is 0 Å². The Morgan fingerprint density at radius 1 is 0.682 bits per heavy atom. The van der Waals surface area contributed by atoms with Crippen molar-refractivity contribution in [1.29, 1.82) is 0 Å². The van der Waals surface area contributed by atoms with Gasteiger partial charge in [-0.3, -0.25) is 9.59 Å². The molecular formula is C18H12Cl2O2. The standard InChI is InChI=1S/C18H12Cl2O2/c19-17-7-3-1-5-13(17)9-15(11-21)16(12-22)10-14-6-2-4-8-18(14)20/h1-12H/b15-9-,16-10-. The summed E-state index contributed by atoms with van der Waals surface area (Å²) in [4.78, 5) is 22.7. The normalized spacial score (nSPS) is 12.1. The molecule has 0 radical (unpaired) electrons. The van der Waals surface area contributed by atoms with Crippen molar-refractivity contribution in [1.82, 2.24) is 0 Å². The molecule has 2 aromatic rings. The molecule has 0 saturated heterocycles. The average Bonchev–Trinajstić information content (AvgIpc) is 2.54. The highest BCUT2D eigenvalue weighted by Crippen LogP contribution is 2.23. The maximum absolute atomic E-state index is 11.4. The molecule has 0 fully saturated rings. The van der Waals surface area contributed by atoms with E-state index in [1.54, 1.807) is 60.7 Å². The molecule has 0 heterocycles. The smallest absolute Gasteiger partial charge is 0.150 e. The van der Waals surface area contributed by atoms with Crippen LogP contribution in [0.2, 0.25) is 10.0 Å². The summed E-state index contributed by atoms with van der Waals surface area (Å²) in [7, 11) is 0. The van der Waals surface area contributed by atoms with Gasteiger partial charge in [-0.15, -0.1) is 0 Å². The van der Waals surface area contributed by atoms with Crippen LogP contribution in [0.15, 0.2) is 59.7 Å². The SMILES string of the molecule is O=CC(=C/c1ccccc1Cl)/C(C=O)=C\c1ccccc1Cl. The second-order valence-electron chi connectivity index (χ2n) is 4.48. The van der Waals surface area contributed by atoms with Crippen molar-refractivity contribution in [2.75, 3.05) is 0 Å². The molecule has 0 aliphatic heterocycles. The van der Waals surface area contributed by atoms with Crippen LogP contribution in [0.4, 0.5) is 0 Å². The number of carbonyl (C=O) groups is 2. The molecule has 110 valence electrons. The van der Waals surface area contributed by atoms with Gasteiger partial charge >= 0.3 is 0 Å². The lowest BCUT2D eigenvalue weighted by molar-refractivity contribution is -0.107. The number of rotatable bonds is 5. The van der Waals surface area contributed by atoms with Gasteiger partial charge in [0.25, 0.3) is 0 Å². The maximum Gasteiger partial charge on any atom is 0.150 e. The van der Waals surface area contributed by atoms with Crippen molar-refractivity contribution in [2.24, 2.45) is 0 Å². The van der Waals surface area contributed by atoms with Crippen LogP contribution in [0.25, 0.3) is 12.2 Å². The van der Waals surface area contributed by atoms with Gasteiger partial charge in [-0.1, -0.05) is 59.6 Å². The van der Waals surface area contributed by atoms with Crippen LogP contribution >= 0.6 is 23.2 Å². The van der Waals surface area contributed by atoms with Gasteiger partial charge in [0.15, 0.2) is 12.6 Å². The van der Waals surface area contributed by atoms with Gasteiger partial charge in [-0.05, 0) is 35.4 Å². The fourth-order valence-electron chi connectivity index (χ4n) is 1.89. The third-order valence-corrected chi connectivity index (χ3v) is 3.71. The summed E-state index contributed by atoms with van der Waals surface area (Å²) in [5.74, 6) is 0. The van der Waals surface area contributed by atoms with Crippen molar-refractivity contribution in [2.45, 2.75) is 0 Å². The first-order valence-electron chi connectivity index (χ1n) is 6.49. The Morgan fingerprint density at radius 3 is 1.36 bits per heavy atom. The van der Waals surface area contributed by atoms with Gasteiger partial charge in [-0.2, -0.15) is 0 Å². The Morgan fingerprint density at radius 2 is 1.05 bits per heavy atom. The zero-order chi connectivity index (χ0) is 15.9. The third kappa shape index (κ3) is 3.94. The maximum atomic E-state index is 11.4. The van der Waals surface area contributed by atoms with Gasteiger partial charge in [0, 0.05) is 21.2 Å². The first-order chi connectivity index (χ1) is 10.7. The summed E-state index contributed by atoms with van der Waals surface area (Å²) in [6.07, 6.45) is 4.40. The van der Waals surface area contributed by atoms with E-state index in [4.69, 9.17) is 23.2 Å². The predicted molar refractivity (Wildman–Crippen MR) is 91.0 cm³/mol. The molecule has 2 rings (SSSR count). The molecule has 0 amide bonds. The second kappa shape index (κ2) is 7.74. The molecule has 0 N–H and O–H groups in total. The molecule has 0 aliphatic rings. The van der Waals surface area contributed by atoms with Crippen LogP contribution in [0, 0.1) is 0 Å². The number of hydrogen-bond donors (Lipinski definition) is 0. The first kappa shape index (κ1) is 16.2. The Balaban J connectivity index is 2.48. The number of aldehydes is 2. The van der Waals surface area contributed by atoms with E-state index in [2.05, 4.69) is 0 Å². The van der Waals surface area contributed by atoms with E-state index in [1.165, 1.54) is 0 Å². The number of halogens is 2. The molecule has 0 aromatic heterocycles. The largest absolute Gasteiger partial charge is 0.298 e. The minimum Gasteiger partial charge on any atom is -0.298 e. The Kier molecular flexibility index (Phi) is 5.70.